The van der Waals surface area contributed by atoms with Gasteiger partial charge in [0.05, 0.1) is 11.3 Å². The second-order valence-corrected chi connectivity index (χ2v) is 5.05. The highest BCUT2D eigenvalue weighted by Gasteiger charge is 2.22. The maximum absolute atomic E-state index is 10.9. The highest BCUT2D eigenvalue weighted by Crippen LogP contribution is 2.24. The number of nitrogen functional groups attached to an aromatic ring is 1. The zero-order valence-electron chi connectivity index (χ0n) is 11.2. The van der Waals surface area contributed by atoms with Crippen molar-refractivity contribution in [1.82, 2.24) is 4.90 Å². The molecule has 0 amide bonds. The number of anilines is 1. The van der Waals surface area contributed by atoms with Gasteiger partial charge in [-0.1, -0.05) is 0 Å². The Balaban J connectivity index is 2.85. The minimum Gasteiger partial charge on any atom is -0.489 e. The van der Waals surface area contributed by atoms with Gasteiger partial charge in [-0.05, 0) is 46.1 Å². The summed E-state index contributed by atoms with van der Waals surface area (Å²) in [5.74, 6) is -0.587. The van der Waals surface area contributed by atoms with Crippen molar-refractivity contribution in [3.8, 4) is 5.75 Å². The van der Waals surface area contributed by atoms with Crippen LogP contribution >= 0.6 is 0 Å². The van der Waals surface area contributed by atoms with E-state index in [1.165, 1.54) is 12.1 Å². The fourth-order valence-corrected chi connectivity index (χ4v) is 1.18. The van der Waals surface area contributed by atoms with Gasteiger partial charge in [0, 0.05) is 5.54 Å². The molecule has 5 heteroatoms. The van der Waals surface area contributed by atoms with Crippen molar-refractivity contribution in [1.29, 1.82) is 0 Å². The highest BCUT2D eigenvalue weighted by atomic mass is 16.5. The molecule has 18 heavy (non-hydrogen) atoms. The highest BCUT2D eigenvalue weighted by molar-refractivity contribution is 5.89. The molecule has 0 bridgehead atoms. The number of benzene rings is 1. The van der Waals surface area contributed by atoms with Crippen LogP contribution in [-0.4, -0.2) is 42.2 Å². The number of nitrogens with two attached hydrogens (primary N) is 1. The van der Waals surface area contributed by atoms with E-state index in [0.29, 0.717) is 18.0 Å². The van der Waals surface area contributed by atoms with E-state index in [1.54, 1.807) is 6.07 Å². The molecule has 1 aromatic carbocycles. The molecule has 3 N–H and O–H groups in total. The molecule has 0 aromatic heterocycles. The minimum absolute atomic E-state index is 0.161. The average molecular weight is 252 g/mol. The third kappa shape index (κ3) is 3.37. The molecule has 1 rings (SSSR count). The van der Waals surface area contributed by atoms with Crippen LogP contribution in [0.5, 0.6) is 5.75 Å². The number of hydrogen-bond acceptors (Lipinski definition) is 4. The maximum atomic E-state index is 10.9. The average Bonchev–Trinajstić information content (AvgIpc) is 2.27. The zero-order valence-corrected chi connectivity index (χ0v) is 11.2. The van der Waals surface area contributed by atoms with Crippen LogP contribution in [0.25, 0.3) is 0 Å². The smallest absolute Gasteiger partial charge is 0.335 e. The van der Waals surface area contributed by atoms with Crippen molar-refractivity contribution >= 4 is 11.7 Å². The van der Waals surface area contributed by atoms with Crippen molar-refractivity contribution in [2.45, 2.75) is 19.4 Å². The number of likely N-dealkylation sites (N-methyl/N-ethyl adjacent to an activating group) is 1. The van der Waals surface area contributed by atoms with Gasteiger partial charge in [0.1, 0.15) is 12.4 Å². The standard InChI is InChI=1S/C13H20N2O3/c1-13(2,15(3)4)8-18-11-7-9(12(16)17)5-6-10(11)14/h5-7H,8,14H2,1-4H3,(H,16,17). The lowest BCUT2D eigenvalue weighted by Crippen LogP contribution is -2.43. The molecule has 0 aliphatic rings. The summed E-state index contributed by atoms with van der Waals surface area (Å²) < 4.78 is 5.62. The maximum Gasteiger partial charge on any atom is 0.335 e. The molecule has 0 aliphatic heterocycles. The lowest BCUT2D eigenvalue weighted by atomic mass is 10.1. The quantitative estimate of drug-likeness (QED) is 0.780. The van der Waals surface area contributed by atoms with E-state index in [9.17, 15) is 4.79 Å². The van der Waals surface area contributed by atoms with Crippen LogP contribution in [0.1, 0.15) is 24.2 Å². The Kier molecular flexibility index (Phi) is 4.19. The number of aromatic carboxylic acids is 1. The number of ether oxygens (including phenoxy) is 1. The Bertz CT molecular complexity index is 442. The Morgan fingerprint density at radius 1 is 1.44 bits per heavy atom. The second kappa shape index (κ2) is 5.27. The summed E-state index contributed by atoms with van der Waals surface area (Å²) in [5.41, 5.74) is 6.21. The third-order valence-electron chi connectivity index (χ3n) is 3.05. The molecule has 0 heterocycles. The van der Waals surface area contributed by atoms with Gasteiger partial charge in [-0.2, -0.15) is 0 Å². The van der Waals surface area contributed by atoms with Gasteiger partial charge in [0.2, 0.25) is 0 Å². The van der Waals surface area contributed by atoms with Gasteiger partial charge in [0.25, 0.3) is 0 Å². The molecule has 0 atom stereocenters. The van der Waals surface area contributed by atoms with E-state index in [4.69, 9.17) is 15.6 Å². The Morgan fingerprint density at radius 3 is 2.56 bits per heavy atom. The van der Waals surface area contributed by atoms with E-state index in [2.05, 4.69) is 0 Å². The summed E-state index contributed by atoms with van der Waals surface area (Å²) >= 11 is 0. The summed E-state index contributed by atoms with van der Waals surface area (Å²) in [6.07, 6.45) is 0. The lowest BCUT2D eigenvalue weighted by Gasteiger charge is -2.32. The van der Waals surface area contributed by atoms with E-state index in [0.717, 1.165) is 0 Å². The van der Waals surface area contributed by atoms with Crippen LogP contribution in [0.2, 0.25) is 0 Å². The van der Waals surface area contributed by atoms with Gasteiger partial charge in [-0.15, -0.1) is 0 Å². The van der Waals surface area contributed by atoms with E-state index < -0.39 is 5.97 Å². The summed E-state index contributed by atoms with van der Waals surface area (Å²) in [6, 6.07) is 4.45. The Hall–Kier alpha value is -1.75. The topological polar surface area (TPSA) is 75.8 Å². The molecule has 0 fully saturated rings. The first-order valence-electron chi connectivity index (χ1n) is 5.67. The van der Waals surface area contributed by atoms with Crippen LogP contribution in [0.15, 0.2) is 18.2 Å². The normalized spacial score (nSPS) is 11.6. The summed E-state index contributed by atoms with van der Waals surface area (Å²) in [6.45, 7) is 4.49. The molecule has 5 nitrogen and oxygen atoms in total. The number of nitrogens with zero attached hydrogens (tertiary/aromatic N) is 1. The third-order valence-corrected chi connectivity index (χ3v) is 3.05. The van der Waals surface area contributed by atoms with Crippen molar-refractivity contribution < 1.29 is 14.6 Å². The fourth-order valence-electron chi connectivity index (χ4n) is 1.18. The molecule has 1 aromatic rings. The molecule has 100 valence electrons. The van der Waals surface area contributed by atoms with Crippen LogP contribution in [0.4, 0.5) is 5.69 Å². The van der Waals surface area contributed by atoms with Gasteiger partial charge in [-0.25, -0.2) is 4.79 Å². The van der Waals surface area contributed by atoms with E-state index in [1.807, 2.05) is 32.8 Å². The predicted molar refractivity (Wildman–Crippen MR) is 71.1 cm³/mol. The minimum atomic E-state index is -0.994. The van der Waals surface area contributed by atoms with Crippen molar-refractivity contribution in [2.75, 3.05) is 26.4 Å². The Morgan fingerprint density at radius 2 is 2.06 bits per heavy atom. The van der Waals surface area contributed by atoms with Gasteiger partial charge in [-0.3, -0.25) is 0 Å². The van der Waals surface area contributed by atoms with E-state index >= 15 is 0 Å². The second-order valence-electron chi connectivity index (χ2n) is 5.05. The molecular weight excluding hydrogens is 232 g/mol. The molecule has 0 saturated heterocycles. The largest absolute Gasteiger partial charge is 0.489 e. The SMILES string of the molecule is CN(C)C(C)(C)COc1cc(C(=O)O)ccc1N. The van der Waals surface area contributed by atoms with Crippen molar-refractivity contribution in [3.63, 3.8) is 0 Å². The number of rotatable bonds is 5. The molecule has 0 aliphatic carbocycles. The summed E-state index contributed by atoms with van der Waals surface area (Å²) in [4.78, 5) is 12.9. The summed E-state index contributed by atoms with van der Waals surface area (Å²) in [5, 5.41) is 8.91. The molecule has 0 saturated carbocycles. The van der Waals surface area contributed by atoms with Crippen LogP contribution in [0.3, 0.4) is 0 Å². The molecule has 0 spiro atoms. The number of hydrogen-bond donors (Lipinski definition) is 2. The van der Waals surface area contributed by atoms with Crippen LogP contribution in [0, 0.1) is 0 Å². The first-order valence-corrected chi connectivity index (χ1v) is 5.67. The monoisotopic (exact) mass is 252 g/mol. The first-order chi connectivity index (χ1) is 8.24. The Labute approximate surface area is 107 Å². The van der Waals surface area contributed by atoms with Gasteiger partial charge >= 0.3 is 5.97 Å². The lowest BCUT2D eigenvalue weighted by molar-refractivity contribution is 0.0696. The predicted octanol–water partition coefficient (Wildman–Crippen LogP) is 1.69. The molecule has 0 radical (unpaired) electrons. The van der Waals surface area contributed by atoms with Crippen LogP contribution in [-0.2, 0) is 0 Å². The van der Waals surface area contributed by atoms with Crippen molar-refractivity contribution in [3.05, 3.63) is 23.8 Å². The first kappa shape index (κ1) is 14.3. The van der Waals surface area contributed by atoms with E-state index in [-0.39, 0.29) is 11.1 Å². The number of carbonyl (C=O) groups is 1. The van der Waals surface area contributed by atoms with Gasteiger partial charge in [0.15, 0.2) is 0 Å². The van der Waals surface area contributed by atoms with Crippen LogP contribution < -0.4 is 10.5 Å². The molecular formula is C13H20N2O3. The van der Waals surface area contributed by atoms with Gasteiger partial charge < -0.3 is 20.5 Å². The number of carboxylic acid groups (broad SMARTS) is 1. The molecule has 0 unspecified atom stereocenters. The van der Waals surface area contributed by atoms with Crippen molar-refractivity contribution in [2.24, 2.45) is 0 Å². The summed E-state index contributed by atoms with van der Waals surface area (Å²) in [7, 11) is 3.92. The zero-order chi connectivity index (χ0) is 13.9. The fraction of sp³-hybridized carbons (Fsp3) is 0.462. The number of carboxylic acids is 1.